The molecule has 0 N–H and O–H groups in total. The molecule has 2 aromatic rings. The molecule has 0 radical (unpaired) electrons. The lowest BCUT2D eigenvalue weighted by Crippen LogP contribution is -2.30. The molecule has 7 heteroatoms. The maximum absolute atomic E-state index is 9.01. The fourth-order valence-corrected chi connectivity index (χ4v) is 2.79. The van der Waals surface area contributed by atoms with Crippen molar-refractivity contribution in [3.05, 3.63) is 44.9 Å². The molecule has 2 rings (SSSR count). The molecule has 0 saturated heterocycles. The van der Waals surface area contributed by atoms with Crippen LogP contribution in [0.5, 0.6) is 0 Å². The van der Waals surface area contributed by atoms with E-state index in [0.717, 1.165) is 18.6 Å². The van der Waals surface area contributed by atoms with Crippen molar-refractivity contribution in [2.24, 2.45) is 0 Å². The van der Waals surface area contributed by atoms with Gasteiger partial charge < -0.3 is 9.32 Å². The Morgan fingerprint density at radius 1 is 1.36 bits per heavy atom. The smallest absolute Gasteiger partial charge is 0.150 e. The van der Waals surface area contributed by atoms with Gasteiger partial charge in [-0.3, -0.25) is 0 Å². The summed E-state index contributed by atoms with van der Waals surface area (Å²) in [5.74, 6) is 1.39. The van der Waals surface area contributed by atoms with Crippen molar-refractivity contribution in [1.82, 2.24) is 4.98 Å². The summed E-state index contributed by atoms with van der Waals surface area (Å²) in [7, 11) is 1.86. The molecule has 4 nitrogen and oxygen atoms in total. The molecule has 0 aliphatic heterocycles. The average molecular weight is 359 g/mol. The second-order valence-corrected chi connectivity index (χ2v) is 6.03. The van der Waals surface area contributed by atoms with Gasteiger partial charge in [0, 0.05) is 19.5 Å². The van der Waals surface area contributed by atoms with E-state index in [4.69, 9.17) is 44.5 Å². The molecule has 0 saturated carbocycles. The molecule has 0 aliphatic rings. The van der Waals surface area contributed by atoms with Crippen LogP contribution >= 0.6 is 34.8 Å². The Labute approximate surface area is 144 Å². The number of nitriles is 1. The highest BCUT2D eigenvalue weighted by Gasteiger charge is 2.21. The molecule has 0 bridgehead atoms. The van der Waals surface area contributed by atoms with Crippen LogP contribution in [0.2, 0.25) is 15.2 Å². The van der Waals surface area contributed by atoms with E-state index >= 15 is 0 Å². The highest BCUT2D eigenvalue weighted by molar-refractivity contribution is 6.45. The fourth-order valence-electron chi connectivity index (χ4n) is 2.03. The molecule has 0 fully saturated rings. The van der Waals surface area contributed by atoms with Crippen LogP contribution in [-0.2, 0) is 6.42 Å². The van der Waals surface area contributed by atoms with Crippen molar-refractivity contribution in [1.29, 1.82) is 5.26 Å². The number of nitrogens with zero attached hydrogens (tertiary/aromatic N) is 3. The van der Waals surface area contributed by atoms with Gasteiger partial charge in [0.1, 0.15) is 22.4 Å². The zero-order chi connectivity index (χ0) is 16.3. The largest absolute Gasteiger partial charge is 0.469 e. The van der Waals surface area contributed by atoms with Gasteiger partial charge in [0.05, 0.1) is 11.3 Å². The van der Waals surface area contributed by atoms with Crippen LogP contribution in [0.4, 0.5) is 5.82 Å². The van der Waals surface area contributed by atoms with Crippen molar-refractivity contribution in [2.75, 3.05) is 11.9 Å². The number of hydrogen-bond acceptors (Lipinski definition) is 4. The van der Waals surface area contributed by atoms with Crippen LogP contribution in [0, 0.1) is 11.3 Å². The number of furan rings is 1. The molecule has 116 valence electrons. The molecule has 0 amide bonds. The van der Waals surface area contributed by atoms with Crippen LogP contribution in [0.1, 0.15) is 24.7 Å². The predicted octanol–water partition coefficient (Wildman–Crippen LogP) is 4.96. The Bertz CT molecular complexity index is 695. The molecular weight excluding hydrogens is 345 g/mol. The van der Waals surface area contributed by atoms with Gasteiger partial charge in [0.15, 0.2) is 11.0 Å². The van der Waals surface area contributed by atoms with Gasteiger partial charge in [0.2, 0.25) is 0 Å². The Morgan fingerprint density at radius 3 is 2.68 bits per heavy atom. The van der Waals surface area contributed by atoms with Crippen molar-refractivity contribution in [2.45, 2.75) is 25.8 Å². The van der Waals surface area contributed by atoms with E-state index in [0.29, 0.717) is 5.82 Å². The lowest BCUT2D eigenvalue weighted by Gasteiger charge is -2.27. The summed E-state index contributed by atoms with van der Waals surface area (Å²) in [5, 5.41) is 9.42. The van der Waals surface area contributed by atoms with E-state index < -0.39 is 0 Å². The quantitative estimate of drug-likeness (QED) is 0.709. The standard InChI is InChI=1S/C15H14Cl3N3O/c1-9(5-6-10-4-3-7-22-10)21(2)15-13(17)12(16)11(8-19)14(18)20-15/h3-4,7,9H,5-6H2,1-2H3. The maximum atomic E-state index is 9.01. The Balaban J connectivity index is 2.18. The molecular formula is C15H14Cl3N3O. The van der Waals surface area contributed by atoms with Crippen LogP contribution in [-0.4, -0.2) is 18.1 Å². The van der Waals surface area contributed by atoms with E-state index in [9.17, 15) is 0 Å². The van der Waals surface area contributed by atoms with Gasteiger partial charge in [-0.25, -0.2) is 4.98 Å². The number of aryl methyl sites for hydroxylation is 1. The normalized spacial score (nSPS) is 12.0. The van der Waals surface area contributed by atoms with E-state index in [-0.39, 0.29) is 26.8 Å². The van der Waals surface area contributed by atoms with Crippen molar-refractivity contribution in [3.8, 4) is 6.07 Å². The highest BCUT2D eigenvalue weighted by Crippen LogP contribution is 2.37. The summed E-state index contributed by atoms with van der Waals surface area (Å²) < 4.78 is 5.32. The Hall–Kier alpha value is -1.41. The molecule has 22 heavy (non-hydrogen) atoms. The first-order valence-electron chi connectivity index (χ1n) is 6.65. The average Bonchev–Trinajstić information content (AvgIpc) is 3.01. The summed E-state index contributed by atoms with van der Waals surface area (Å²) in [6.45, 7) is 2.04. The first kappa shape index (κ1) is 17.0. The van der Waals surface area contributed by atoms with Crippen molar-refractivity contribution >= 4 is 40.6 Å². The third kappa shape index (κ3) is 3.49. The molecule has 2 heterocycles. The molecule has 0 aliphatic carbocycles. The Kier molecular flexibility index (Phi) is 5.57. The van der Waals surface area contributed by atoms with Crippen LogP contribution in [0.15, 0.2) is 22.8 Å². The number of halogens is 3. The third-order valence-electron chi connectivity index (χ3n) is 3.51. The van der Waals surface area contributed by atoms with Crippen molar-refractivity contribution < 1.29 is 4.42 Å². The van der Waals surface area contributed by atoms with Crippen molar-refractivity contribution in [3.63, 3.8) is 0 Å². The monoisotopic (exact) mass is 357 g/mol. The number of anilines is 1. The zero-order valence-corrected chi connectivity index (χ0v) is 14.4. The number of rotatable bonds is 5. The molecule has 1 unspecified atom stereocenters. The minimum absolute atomic E-state index is 0.0528. The zero-order valence-electron chi connectivity index (χ0n) is 12.1. The molecule has 0 spiro atoms. The first-order valence-corrected chi connectivity index (χ1v) is 7.78. The van der Waals surface area contributed by atoms with Gasteiger partial charge in [-0.15, -0.1) is 0 Å². The summed E-state index contributed by atoms with van der Waals surface area (Å²) in [4.78, 5) is 6.09. The van der Waals surface area contributed by atoms with E-state index in [1.54, 1.807) is 6.26 Å². The molecule has 0 aromatic carbocycles. The summed E-state index contributed by atoms with van der Waals surface area (Å²) >= 11 is 18.3. The molecule has 1 atom stereocenters. The minimum atomic E-state index is 0.0528. The van der Waals surface area contributed by atoms with Gasteiger partial charge in [0.25, 0.3) is 0 Å². The number of pyridine rings is 1. The van der Waals surface area contributed by atoms with E-state index in [1.807, 2.05) is 37.1 Å². The lowest BCUT2D eigenvalue weighted by molar-refractivity contribution is 0.486. The van der Waals surface area contributed by atoms with Gasteiger partial charge in [-0.05, 0) is 25.5 Å². The lowest BCUT2D eigenvalue weighted by atomic mass is 10.1. The fraction of sp³-hybridized carbons (Fsp3) is 0.333. The second kappa shape index (κ2) is 7.23. The predicted molar refractivity (Wildman–Crippen MR) is 88.9 cm³/mol. The third-order valence-corrected chi connectivity index (χ3v) is 4.62. The summed E-state index contributed by atoms with van der Waals surface area (Å²) in [5.41, 5.74) is 0.0914. The van der Waals surface area contributed by atoms with Gasteiger partial charge >= 0.3 is 0 Å². The van der Waals surface area contributed by atoms with Crippen LogP contribution in [0.3, 0.4) is 0 Å². The van der Waals surface area contributed by atoms with E-state index in [2.05, 4.69) is 4.98 Å². The SMILES string of the molecule is CC(CCc1ccco1)N(C)c1nc(Cl)c(C#N)c(Cl)c1Cl. The summed E-state index contributed by atoms with van der Waals surface area (Å²) in [6, 6.07) is 5.84. The van der Waals surface area contributed by atoms with Gasteiger partial charge in [-0.1, -0.05) is 34.8 Å². The van der Waals surface area contributed by atoms with Crippen LogP contribution in [0.25, 0.3) is 0 Å². The topological polar surface area (TPSA) is 53.1 Å². The first-order chi connectivity index (χ1) is 10.5. The molecule has 2 aromatic heterocycles. The Morgan fingerprint density at radius 2 is 2.09 bits per heavy atom. The highest BCUT2D eigenvalue weighted by atomic mass is 35.5. The van der Waals surface area contributed by atoms with Gasteiger partial charge in [-0.2, -0.15) is 5.26 Å². The summed E-state index contributed by atoms with van der Waals surface area (Å²) in [6.07, 6.45) is 3.30. The minimum Gasteiger partial charge on any atom is -0.469 e. The van der Waals surface area contributed by atoms with E-state index in [1.165, 1.54) is 0 Å². The van der Waals surface area contributed by atoms with Crippen LogP contribution < -0.4 is 4.90 Å². The maximum Gasteiger partial charge on any atom is 0.150 e. The second-order valence-electron chi connectivity index (χ2n) is 4.92. The number of aromatic nitrogens is 1. The number of hydrogen-bond donors (Lipinski definition) is 0.